The number of methoxy groups -OCH3 is 1. The van der Waals surface area contributed by atoms with Gasteiger partial charge in [0, 0.05) is 25.2 Å². The second-order valence-electron chi connectivity index (χ2n) is 5.11. The molecule has 0 heterocycles. The molecule has 0 unspecified atom stereocenters. The van der Waals surface area contributed by atoms with Crippen LogP contribution in [0.15, 0.2) is 42.5 Å². The Balaban J connectivity index is 1.91. The van der Waals surface area contributed by atoms with Gasteiger partial charge in [0.25, 0.3) is 0 Å². The van der Waals surface area contributed by atoms with Crippen LogP contribution in [0.4, 0.5) is 9.18 Å². The summed E-state index contributed by atoms with van der Waals surface area (Å²) in [5, 5.41) is 3.42. The third-order valence-corrected chi connectivity index (χ3v) is 3.55. The van der Waals surface area contributed by atoms with Gasteiger partial charge in [-0.3, -0.25) is 0 Å². The lowest BCUT2D eigenvalue weighted by Gasteiger charge is -2.18. The largest absolute Gasteiger partial charge is 0.494 e. The number of benzene rings is 2. The topological polar surface area (TPSA) is 41.6 Å². The molecule has 0 saturated heterocycles. The molecule has 23 heavy (non-hydrogen) atoms. The van der Waals surface area contributed by atoms with Crippen molar-refractivity contribution in [2.75, 3.05) is 14.2 Å². The molecular weight excluding hydrogens is 319 g/mol. The van der Waals surface area contributed by atoms with Gasteiger partial charge in [-0.2, -0.15) is 0 Å². The van der Waals surface area contributed by atoms with Crippen LogP contribution in [0, 0.1) is 5.82 Å². The first-order valence-electron chi connectivity index (χ1n) is 7.05. The molecule has 0 aromatic heterocycles. The summed E-state index contributed by atoms with van der Waals surface area (Å²) in [6.45, 7) is 0.670. The maximum absolute atomic E-state index is 13.7. The van der Waals surface area contributed by atoms with Gasteiger partial charge in [0.1, 0.15) is 0 Å². The molecule has 0 aliphatic rings. The zero-order chi connectivity index (χ0) is 16.8. The van der Waals surface area contributed by atoms with Crippen LogP contribution in [0.2, 0.25) is 5.02 Å². The lowest BCUT2D eigenvalue weighted by Crippen LogP contribution is -2.36. The molecule has 1 N–H and O–H groups in total. The summed E-state index contributed by atoms with van der Waals surface area (Å²) in [7, 11) is 3.06. The van der Waals surface area contributed by atoms with Gasteiger partial charge < -0.3 is 15.0 Å². The number of urea groups is 1. The Labute approximate surface area is 139 Å². The molecule has 2 rings (SSSR count). The highest BCUT2D eigenvalue weighted by Crippen LogP contribution is 2.18. The summed E-state index contributed by atoms with van der Waals surface area (Å²) in [6.07, 6.45) is 0. The van der Waals surface area contributed by atoms with Crippen LogP contribution in [0.3, 0.4) is 0 Å². The van der Waals surface area contributed by atoms with E-state index in [0.717, 1.165) is 5.56 Å². The molecule has 2 aromatic rings. The Morgan fingerprint density at radius 1 is 1.26 bits per heavy atom. The first-order chi connectivity index (χ1) is 11.0. The summed E-state index contributed by atoms with van der Waals surface area (Å²) in [5.74, 6) is -0.264. The van der Waals surface area contributed by atoms with Crippen LogP contribution in [0.1, 0.15) is 11.1 Å². The van der Waals surface area contributed by atoms with Crippen molar-refractivity contribution in [3.05, 3.63) is 64.4 Å². The number of carbonyl (C=O) groups is 1. The van der Waals surface area contributed by atoms with Crippen molar-refractivity contribution in [3.8, 4) is 5.75 Å². The number of carbonyl (C=O) groups excluding carboxylic acids is 1. The Morgan fingerprint density at radius 3 is 2.70 bits per heavy atom. The van der Waals surface area contributed by atoms with Crippen LogP contribution in [-0.4, -0.2) is 25.1 Å². The number of hydrogen-bond donors (Lipinski definition) is 1. The number of nitrogens with one attached hydrogen (secondary N) is 1. The molecule has 122 valence electrons. The van der Waals surface area contributed by atoms with E-state index in [1.807, 2.05) is 12.1 Å². The first-order valence-corrected chi connectivity index (χ1v) is 7.43. The standard InChI is InChI=1S/C17H18ClFN2O2/c1-21(11-13-6-7-16(23-2)15(19)9-13)17(22)20-10-12-4-3-5-14(18)8-12/h3-9H,10-11H2,1-2H3,(H,20,22). The van der Waals surface area contributed by atoms with E-state index in [-0.39, 0.29) is 11.8 Å². The van der Waals surface area contributed by atoms with E-state index in [4.69, 9.17) is 16.3 Å². The Kier molecular flexibility index (Phi) is 5.82. The predicted molar refractivity (Wildman–Crippen MR) is 88.1 cm³/mol. The highest BCUT2D eigenvalue weighted by atomic mass is 35.5. The molecule has 0 radical (unpaired) electrons. The maximum Gasteiger partial charge on any atom is 0.317 e. The van der Waals surface area contributed by atoms with Crippen molar-refractivity contribution in [2.24, 2.45) is 0 Å². The van der Waals surface area contributed by atoms with E-state index in [9.17, 15) is 9.18 Å². The van der Waals surface area contributed by atoms with Crippen LogP contribution >= 0.6 is 11.6 Å². The normalized spacial score (nSPS) is 10.3. The van der Waals surface area contributed by atoms with E-state index >= 15 is 0 Å². The number of halogens is 2. The molecule has 0 aliphatic heterocycles. The molecule has 2 aromatic carbocycles. The SMILES string of the molecule is COc1ccc(CN(C)C(=O)NCc2cccc(Cl)c2)cc1F. The Morgan fingerprint density at radius 2 is 2.04 bits per heavy atom. The van der Waals surface area contributed by atoms with Crippen molar-refractivity contribution in [1.82, 2.24) is 10.2 Å². The third-order valence-electron chi connectivity index (χ3n) is 3.32. The molecule has 0 bridgehead atoms. The highest BCUT2D eigenvalue weighted by Gasteiger charge is 2.10. The number of hydrogen-bond acceptors (Lipinski definition) is 2. The third kappa shape index (κ3) is 4.86. The summed E-state index contributed by atoms with van der Waals surface area (Å²) < 4.78 is 18.5. The first kappa shape index (κ1) is 17.1. The zero-order valence-corrected chi connectivity index (χ0v) is 13.7. The molecule has 2 amide bonds. The van der Waals surface area contributed by atoms with Crippen LogP contribution in [0.25, 0.3) is 0 Å². The van der Waals surface area contributed by atoms with E-state index in [0.29, 0.717) is 23.7 Å². The van der Waals surface area contributed by atoms with Crippen LogP contribution in [0.5, 0.6) is 5.75 Å². The van der Waals surface area contributed by atoms with Gasteiger partial charge in [-0.15, -0.1) is 0 Å². The van der Waals surface area contributed by atoms with Gasteiger partial charge in [-0.1, -0.05) is 29.8 Å². The van der Waals surface area contributed by atoms with Gasteiger partial charge in [0.2, 0.25) is 0 Å². The molecule has 6 heteroatoms. The molecule has 0 aliphatic carbocycles. The minimum atomic E-state index is -0.447. The fourth-order valence-electron chi connectivity index (χ4n) is 2.11. The molecule has 0 spiro atoms. The van der Waals surface area contributed by atoms with Gasteiger partial charge in [-0.05, 0) is 35.4 Å². The van der Waals surface area contributed by atoms with E-state index in [1.165, 1.54) is 18.1 Å². The lowest BCUT2D eigenvalue weighted by molar-refractivity contribution is 0.206. The predicted octanol–water partition coefficient (Wildman–Crippen LogP) is 3.83. The van der Waals surface area contributed by atoms with Crippen molar-refractivity contribution >= 4 is 17.6 Å². The molecule has 0 atom stereocenters. The average Bonchev–Trinajstić information content (AvgIpc) is 2.53. The quantitative estimate of drug-likeness (QED) is 0.901. The molecule has 4 nitrogen and oxygen atoms in total. The fourth-order valence-corrected chi connectivity index (χ4v) is 2.33. The number of rotatable bonds is 5. The number of ether oxygens (including phenoxy) is 1. The van der Waals surface area contributed by atoms with Crippen molar-refractivity contribution in [2.45, 2.75) is 13.1 Å². The average molecular weight is 337 g/mol. The maximum atomic E-state index is 13.7. The van der Waals surface area contributed by atoms with Crippen molar-refractivity contribution in [1.29, 1.82) is 0 Å². The van der Waals surface area contributed by atoms with E-state index < -0.39 is 5.82 Å². The number of amides is 2. The fraction of sp³-hybridized carbons (Fsp3) is 0.235. The summed E-state index contributed by atoms with van der Waals surface area (Å²) in [5.41, 5.74) is 1.60. The van der Waals surface area contributed by atoms with Gasteiger partial charge in [-0.25, -0.2) is 9.18 Å². The smallest absolute Gasteiger partial charge is 0.317 e. The minimum absolute atomic E-state index is 0.182. The van der Waals surface area contributed by atoms with Crippen LogP contribution in [-0.2, 0) is 13.1 Å². The van der Waals surface area contributed by atoms with Gasteiger partial charge >= 0.3 is 6.03 Å². The molecule has 0 fully saturated rings. The number of nitrogens with zero attached hydrogens (tertiary/aromatic N) is 1. The van der Waals surface area contributed by atoms with Gasteiger partial charge in [0.05, 0.1) is 7.11 Å². The van der Waals surface area contributed by atoms with Gasteiger partial charge in [0.15, 0.2) is 11.6 Å². The second-order valence-corrected chi connectivity index (χ2v) is 5.55. The second kappa shape index (κ2) is 7.83. The van der Waals surface area contributed by atoms with Crippen LogP contribution < -0.4 is 10.1 Å². The van der Waals surface area contributed by atoms with Crippen molar-refractivity contribution < 1.29 is 13.9 Å². The zero-order valence-electron chi connectivity index (χ0n) is 13.0. The monoisotopic (exact) mass is 336 g/mol. The highest BCUT2D eigenvalue weighted by molar-refractivity contribution is 6.30. The van der Waals surface area contributed by atoms with E-state index in [1.54, 1.807) is 31.3 Å². The summed E-state index contributed by atoms with van der Waals surface area (Å²) >= 11 is 5.90. The van der Waals surface area contributed by atoms with E-state index in [2.05, 4.69) is 5.32 Å². The molecular formula is C17H18ClFN2O2. The molecule has 0 saturated carbocycles. The Bertz CT molecular complexity index is 694. The minimum Gasteiger partial charge on any atom is -0.494 e. The van der Waals surface area contributed by atoms with Crippen molar-refractivity contribution in [3.63, 3.8) is 0 Å². The lowest BCUT2D eigenvalue weighted by atomic mass is 10.2. The Hall–Kier alpha value is -2.27. The summed E-state index contributed by atoms with van der Waals surface area (Å²) in [6, 6.07) is 11.7. The summed E-state index contributed by atoms with van der Waals surface area (Å²) in [4.78, 5) is 13.6.